The molecule has 0 aliphatic carbocycles. The molecule has 0 N–H and O–H groups in total. The predicted molar refractivity (Wildman–Crippen MR) is 87.5 cm³/mol. The minimum atomic E-state index is -2.05. The van der Waals surface area contributed by atoms with Crippen LogP contribution >= 0.6 is 0 Å². The van der Waals surface area contributed by atoms with Gasteiger partial charge in [-0.05, 0) is 43.2 Å². The van der Waals surface area contributed by atoms with Gasteiger partial charge in [0, 0.05) is 16.2 Å². The van der Waals surface area contributed by atoms with Gasteiger partial charge < -0.3 is 9.64 Å². The molecule has 2 aromatic carbocycles. The van der Waals surface area contributed by atoms with Gasteiger partial charge in [0.2, 0.25) is 0 Å². The van der Waals surface area contributed by atoms with Crippen LogP contribution in [-0.2, 0) is 6.61 Å². The maximum Gasteiger partial charge on any atom is 0.127 e. The molecule has 2 heteroatoms. The SMILES string of the molecule is [2H]C([2H])([2H])N(C)CC/C=C1\c2ccccc2COc2ccccc21. The Balaban J connectivity index is 1.95. The molecule has 21 heavy (non-hydrogen) atoms. The van der Waals surface area contributed by atoms with E-state index in [1.807, 2.05) is 30.3 Å². The zero-order chi connectivity index (χ0) is 17.2. The highest BCUT2D eigenvalue weighted by Crippen LogP contribution is 2.36. The zero-order valence-electron chi connectivity index (χ0n) is 15.2. The van der Waals surface area contributed by atoms with Gasteiger partial charge in [-0.3, -0.25) is 0 Å². The van der Waals surface area contributed by atoms with Crippen molar-refractivity contribution in [1.29, 1.82) is 0 Å². The molecule has 0 spiro atoms. The maximum atomic E-state index is 7.45. The summed E-state index contributed by atoms with van der Waals surface area (Å²) in [5, 5.41) is 0. The van der Waals surface area contributed by atoms with Gasteiger partial charge in [0.05, 0.1) is 0 Å². The monoisotopic (exact) mass is 282 g/mol. The summed E-state index contributed by atoms with van der Waals surface area (Å²) in [5.41, 5.74) is 4.46. The van der Waals surface area contributed by atoms with Gasteiger partial charge in [0.15, 0.2) is 0 Å². The second kappa shape index (κ2) is 6.15. The molecule has 1 aliphatic rings. The Labute approximate surface area is 130 Å². The molecule has 108 valence electrons. The molecule has 2 nitrogen and oxygen atoms in total. The van der Waals surface area contributed by atoms with E-state index in [9.17, 15) is 0 Å². The summed E-state index contributed by atoms with van der Waals surface area (Å²) in [5.74, 6) is 0.865. The third-order valence-corrected chi connectivity index (χ3v) is 3.68. The summed E-state index contributed by atoms with van der Waals surface area (Å²) in [6, 6.07) is 16.2. The van der Waals surface area contributed by atoms with Crippen LogP contribution in [0.1, 0.15) is 27.2 Å². The topological polar surface area (TPSA) is 12.5 Å². The molecule has 1 heterocycles. The fourth-order valence-corrected chi connectivity index (χ4v) is 2.65. The Morgan fingerprint density at radius 2 is 1.90 bits per heavy atom. The molecule has 0 atom stereocenters. The van der Waals surface area contributed by atoms with Gasteiger partial charge >= 0.3 is 0 Å². The average molecular weight is 282 g/mol. The van der Waals surface area contributed by atoms with E-state index in [-0.39, 0.29) is 0 Å². The number of hydrogen-bond donors (Lipinski definition) is 0. The number of fused-ring (bicyclic) bond motifs is 2. The van der Waals surface area contributed by atoms with E-state index in [0.717, 1.165) is 28.0 Å². The van der Waals surface area contributed by atoms with Crippen LogP contribution in [0.15, 0.2) is 54.6 Å². The second-order valence-electron chi connectivity index (χ2n) is 5.27. The third-order valence-electron chi connectivity index (χ3n) is 3.68. The lowest BCUT2D eigenvalue weighted by atomic mass is 9.93. The van der Waals surface area contributed by atoms with Crippen LogP contribution in [0.5, 0.6) is 5.75 Å². The van der Waals surface area contributed by atoms with E-state index in [4.69, 9.17) is 8.85 Å². The van der Waals surface area contributed by atoms with E-state index in [2.05, 4.69) is 24.3 Å². The molecule has 3 rings (SSSR count). The van der Waals surface area contributed by atoms with Crippen LogP contribution in [-0.4, -0.2) is 25.5 Å². The van der Waals surface area contributed by atoms with Crippen LogP contribution in [0.4, 0.5) is 0 Å². The number of ether oxygens (including phenoxy) is 1. The Morgan fingerprint density at radius 3 is 2.76 bits per heavy atom. The molecule has 1 aliphatic heterocycles. The van der Waals surface area contributed by atoms with Crippen LogP contribution in [0.2, 0.25) is 0 Å². The summed E-state index contributed by atoms with van der Waals surface area (Å²) in [7, 11) is 1.63. The Bertz CT molecular complexity index is 703. The van der Waals surface area contributed by atoms with Crippen molar-refractivity contribution in [3.05, 3.63) is 71.3 Å². The highest BCUT2D eigenvalue weighted by molar-refractivity contribution is 5.84. The summed E-state index contributed by atoms with van der Waals surface area (Å²) in [6.45, 7) is -1.04. The zero-order valence-corrected chi connectivity index (χ0v) is 12.2. The minimum absolute atomic E-state index is 0.477. The summed E-state index contributed by atoms with van der Waals surface area (Å²) in [4.78, 5) is 1.40. The van der Waals surface area contributed by atoms with Gasteiger partial charge in [-0.1, -0.05) is 48.5 Å². The number of benzene rings is 2. The molecule has 0 amide bonds. The number of para-hydroxylation sites is 1. The fraction of sp³-hybridized carbons (Fsp3) is 0.263. The lowest BCUT2D eigenvalue weighted by Crippen LogP contribution is -2.12. The van der Waals surface area contributed by atoms with Crippen molar-refractivity contribution < 1.29 is 8.85 Å². The van der Waals surface area contributed by atoms with Gasteiger partial charge in [-0.15, -0.1) is 0 Å². The van der Waals surface area contributed by atoms with Crippen LogP contribution < -0.4 is 4.74 Å². The average Bonchev–Trinajstić information content (AvgIpc) is 2.72. The first-order valence-corrected chi connectivity index (χ1v) is 7.19. The highest BCUT2D eigenvalue weighted by Gasteiger charge is 2.17. The second-order valence-corrected chi connectivity index (χ2v) is 5.27. The molecule has 0 radical (unpaired) electrons. The Hall–Kier alpha value is -2.06. The van der Waals surface area contributed by atoms with Crippen molar-refractivity contribution in [2.45, 2.75) is 13.0 Å². The third kappa shape index (κ3) is 3.01. The van der Waals surface area contributed by atoms with Crippen molar-refractivity contribution in [1.82, 2.24) is 4.90 Å². The first-order valence-electron chi connectivity index (χ1n) is 8.69. The largest absolute Gasteiger partial charge is 0.488 e. The van der Waals surface area contributed by atoms with Crippen molar-refractivity contribution in [3.8, 4) is 5.75 Å². The Kier molecular flexibility index (Phi) is 3.11. The molecule has 0 unspecified atom stereocenters. The van der Waals surface area contributed by atoms with E-state index >= 15 is 0 Å². The molecule has 0 aromatic heterocycles. The minimum Gasteiger partial charge on any atom is -0.488 e. The van der Waals surface area contributed by atoms with Gasteiger partial charge in [0.25, 0.3) is 0 Å². The molecular formula is C19H21NO. The lowest BCUT2D eigenvalue weighted by Gasteiger charge is -2.12. The van der Waals surface area contributed by atoms with Crippen LogP contribution in [0.3, 0.4) is 0 Å². The smallest absolute Gasteiger partial charge is 0.127 e. The molecule has 0 bridgehead atoms. The Morgan fingerprint density at radius 1 is 1.14 bits per heavy atom. The van der Waals surface area contributed by atoms with Crippen molar-refractivity contribution >= 4 is 5.57 Å². The summed E-state index contributed by atoms with van der Waals surface area (Å²) in [6.07, 6.45) is 2.78. The normalized spacial score (nSPS) is 18.0. The number of nitrogens with zero attached hydrogens (tertiary/aromatic N) is 1. The summed E-state index contributed by atoms with van der Waals surface area (Å²) >= 11 is 0. The first kappa shape index (κ1) is 10.6. The summed E-state index contributed by atoms with van der Waals surface area (Å²) < 4.78 is 28.3. The van der Waals surface area contributed by atoms with Gasteiger partial charge in [0.1, 0.15) is 12.4 Å². The fourth-order valence-electron chi connectivity index (χ4n) is 2.65. The standard InChI is InChI=1S/C19H21NO/c1-20(2)13-7-11-17-16-9-4-3-8-15(16)14-21-19-12-6-5-10-18(17)19/h3-6,8-12H,7,13-14H2,1-2H3/b17-11+/i1D3. The number of rotatable bonds is 3. The molecule has 0 saturated carbocycles. The van der Waals surface area contributed by atoms with E-state index in [1.165, 1.54) is 4.90 Å². The van der Waals surface area contributed by atoms with E-state index in [1.54, 1.807) is 7.05 Å². The molecular weight excluding hydrogens is 258 g/mol. The van der Waals surface area contributed by atoms with Crippen molar-refractivity contribution in [3.63, 3.8) is 0 Å². The van der Waals surface area contributed by atoms with Crippen LogP contribution in [0, 0.1) is 0 Å². The van der Waals surface area contributed by atoms with Gasteiger partial charge in [-0.25, -0.2) is 0 Å². The maximum absolute atomic E-state index is 7.45. The molecule has 2 aromatic rings. The first-order chi connectivity index (χ1) is 11.5. The highest BCUT2D eigenvalue weighted by atomic mass is 16.5. The van der Waals surface area contributed by atoms with E-state index in [0.29, 0.717) is 19.6 Å². The van der Waals surface area contributed by atoms with Crippen molar-refractivity contribution in [2.24, 2.45) is 0 Å². The number of hydrogen-bond acceptors (Lipinski definition) is 2. The molecule has 0 saturated heterocycles. The predicted octanol–water partition coefficient (Wildman–Crippen LogP) is 3.96. The quantitative estimate of drug-likeness (QED) is 0.845. The van der Waals surface area contributed by atoms with Crippen molar-refractivity contribution in [2.75, 3.05) is 20.6 Å². The molecule has 0 fully saturated rings. The van der Waals surface area contributed by atoms with Gasteiger partial charge in [-0.2, -0.15) is 0 Å². The van der Waals surface area contributed by atoms with E-state index < -0.39 is 6.98 Å². The van der Waals surface area contributed by atoms with Crippen LogP contribution in [0.25, 0.3) is 5.57 Å². The lowest BCUT2D eigenvalue weighted by molar-refractivity contribution is 0.307.